The fourth-order valence-electron chi connectivity index (χ4n) is 2.94. The number of hydrogen-bond donors (Lipinski definition) is 0. The molecule has 1 heterocycles. The van der Waals surface area contributed by atoms with Gasteiger partial charge in [-0.3, -0.25) is 9.59 Å². The van der Waals surface area contributed by atoms with E-state index in [-0.39, 0.29) is 6.61 Å². The predicted octanol–water partition coefficient (Wildman–Crippen LogP) is 1.83. The molecule has 8 nitrogen and oxygen atoms in total. The summed E-state index contributed by atoms with van der Waals surface area (Å²) in [6.07, 6.45) is -3.74. The number of ether oxygens (including phenoxy) is 6. The summed E-state index contributed by atoms with van der Waals surface area (Å²) in [5, 5.41) is 0. The van der Waals surface area contributed by atoms with Crippen molar-refractivity contribution in [3.05, 3.63) is 29.8 Å². The lowest BCUT2D eigenvalue weighted by atomic mass is 9.98. The normalized spacial score (nSPS) is 27.7. The van der Waals surface area contributed by atoms with Gasteiger partial charge in [-0.15, -0.1) is 0 Å². The lowest BCUT2D eigenvalue weighted by molar-refractivity contribution is -0.300. The van der Waals surface area contributed by atoms with Crippen molar-refractivity contribution in [3.63, 3.8) is 0 Å². The number of rotatable bonds is 7. The molecule has 0 spiro atoms. The van der Waals surface area contributed by atoms with Crippen molar-refractivity contribution in [2.45, 2.75) is 58.1 Å². The van der Waals surface area contributed by atoms with Gasteiger partial charge in [-0.25, -0.2) is 0 Å². The molecule has 0 bridgehead atoms. The molecule has 1 fully saturated rings. The van der Waals surface area contributed by atoms with Crippen molar-refractivity contribution in [1.29, 1.82) is 0 Å². The van der Waals surface area contributed by atoms with E-state index >= 15 is 0 Å². The highest BCUT2D eigenvalue weighted by molar-refractivity contribution is 5.67. The van der Waals surface area contributed by atoms with Gasteiger partial charge in [-0.2, -0.15) is 0 Å². The average Bonchev–Trinajstić information content (AvgIpc) is 2.63. The molecule has 2 rings (SSSR count). The van der Waals surface area contributed by atoms with Crippen molar-refractivity contribution < 1.29 is 38.0 Å². The molecular formula is C19H26O8. The van der Waals surface area contributed by atoms with Crippen molar-refractivity contribution in [2.24, 2.45) is 0 Å². The standard InChI is InChI=1S/C19H26O8/c1-11-16(26-12(2)20)17(18(27-13(3)21)19(23-5)25-11)24-10-14-6-8-15(22-4)9-7-14/h6-9,11,16-19H,10H2,1-5H3/t11-,16-,17+,18+,19-/m0/s1. The fourth-order valence-corrected chi connectivity index (χ4v) is 2.94. The van der Waals surface area contributed by atoms with E-state index in [4.69, 9.17) is 28.4 Å². The number of benzene rings is 1. The molecular weight excluding hydrogens is 356 g/mol. The second-order valence-corrected chi connectivity index (χ2v) is 6.22. The van der Waals surface area contributed by atoms with Crippen LogP contribution in [0.2, 0.25) is 0 Å². The Labute approximate surface area is 158 Å². The molecule has 1 aromatic rings. The quantitative estimate of drug-likeness (QED) is 0.660. The Bertz CT molecular complexity index is 629. The summed E-state index contributed by atoms with van der Waals surface area (Å²) in [6, 6.07) is 7.35. The smallest absolute Gasteiger partial charge is 0.303 e. The van der Waals surface area contributed by atoms with Crippen LogP contribution in [-0.2, 0) is 39.9 Å². The van der Waals surface area contributed by atoms with E-state index in [2.05, 4.69) is 0 Å². The average molecular weight is 382 g/mol. The summed E-state index contributed by atoms with van der Waals surface area (Å²) < 4.78 is 32.9. The van der Waals surface area contributed by atoms with E-state index in [1.807, 2.05) is 24.3 Å². The molecule has 1 aliphatic rings. The summed E-state index contributed by atoms with van der Waals surface area (Å²) in [4.78, 5) is 23.1. The lowest BCUT2D eigenvalue weighted by Gasteiger charge is -2.43. The molecule has 0 amide bonds. The van der Waals surface area contributed by atoms with Crippen LogP contribution in [0.4, 0.5) is 0 Å². The molecule has 1 saturated heterocycles. The van der Waals surface area contributed by atoms with Gasteiger partial charge >= 0.3 is 11.9 Å². The highest BCUT2D eigenvalue weighted by atomic mass is 16.7. The maximum Gasteiger partial charge on any atom is 0.303 e. The van der Waals surface area contributed by atoms with Crippen LogP contribution in [-0.4, -0.2) is 56.9 Å². The first kappa shape index (κ1) is 21.1. The Kier molecular flexibility index (Phi) is 7.58. The minimum atomic E-state index is -0.883. The molecule has 1 aliphatic heterocycles. The molecule has 0 radical (unpaired) electrons. The zero-order chi connectivity index (χ0) is 20.0. The van der Waals surface area contributed by atoms with Gasteiger partial charge in [0.2, 0.25) is 0 Å². The largest absolute Gasteiger partial charge is 0.497 e. The van der Waals surface area contributed by atoms with Gasteiger partial charge < -0.3 is 28.4 Å². The van der Waals surface area contributed by atoms with E-state index in [9.17, 15) is 9.59 Å². The maximum atomic E-state index is 11.6. The van der Waals surface area contributed by atoms with Crippen molar-refractivity contribution >= 4 is 11.9 Å². The zero-order valence-corrected chi connectivity index (χ0v) is 16.2. The minimum Gasteiger partial charge on any atom is -0.497 e. The molecule has 8 heteroatoms. The summed E-state index contributed by atoms with van der Waals surface area (Å²) in [7, 11) is 3.04. The van der Waals surface area contributed by atoms with Crippen LogP contribution in [0.25, 0.3) is 0 Å². The number of carbonyl (C=O) groups is 2. The van der Waals surface area contributed by atoms with E-state index in [1.54, 1.807) is 14.0 Å². The van der Waals surface area contributed by atoms with E-state index in [1.165, 1.54) is 21.0 Å². The van der Waals surface area contributed by atoms with Crippen LogP contribution in [0.15, 0.2) is 24.3 Å². The number of methoxy groups -OCH3 is 2. The third-order valence-corrected chi connectivity index (χ3v) is 4.17. The molecule has 0 N–H and O–H groups in total. The predicted molar refractivity (Wildman–Crippen MR) is 94.0 cm³/mol. The minimum absolute atomic E-state index is 0.216. The second-order valence-electron chi connectivity index (χ2n) is 6.22. The molecule has 5 atom stereocenters. The van der Waals surface area contributed by atoms with Gasteiger partial charge in [-0.05, 0) is 24.6 Å². The first-order valence-electron chi connectivity index (χ1n) is 8.63. The highest BCUT2D eigenvalue weighted by Gasteiger charge is 2.49. The molecule has 0 aromatic heterocycles. The summed E-state index contributed by atoms with van der Waals surface area (Å²) >= 11 is 0. The summed E-state index contributed by atoms with van der Waals surface area (Å²) in [6.45, 7) is 4.54. The first-order valence-corrected chi connectivity index (χ1v) is 8.63. The van der Waals surface area contributed by atoms with Crippen molar-refractivity contribution in [1.82, 2.24) is 0 Å². The number of hydrogen-bond acceptors (Lipinski definition) is 8. The Morgan fingerprint density at radius 3 is 2.07 bits per heavy atom. The third-order valence-electron chi connectivity index (χ3n) is 4.17. The Morgan fingerprint density at radius 2 is 1.56 bits per heavy atom. The lowest BCUT2D eigenvalue weighted by Crippen LogP contribution is -2.60. The van der Waals surface area contributed by atoms with Gasteiger partial charge in [0.1, 0.15) is 11.9 Å². The Hall–Kier alpha value is -2.16. The van der Waals surface area contributed by atoms with E-state index in [0.717, 1.165) is 11.3 Å². The zero-order valence-electron chi connectivity index (χ0n) is 16.2. The number of carbonyl (C=O) groups excluding carboxylic acids is 2. The third kappa shape index (κ3) is 5.66. The molecule has 0 aliphatic carbocycles. The van der Waals surface area contributed by atoms with Crippen molar-refractivity contribution in [3.8, 4) is 5.75 Å². The first-order chi connectivity index (χ1) is 12.8. The van der Waals surface area contributed by atoms with Crippen LogP contribution in [0, 0.1) is 0 Å². The van der Waals surface area contributed by atoms with Crippen LogP contribution in [0.1, 0.15) is 26.3 Å². The topological polar surface area (TPSA) is 89.5 Å². The van der Waals surface area contributed by atoms with Gasteiger partial charge in [0.05, 0.1) is 19.8 Å². The van der Waals surface area contributed by atoms with Gasteiger partial charge in [0.15, 0.2) is 18.5 Å². The highest BCUT2D eigenvalue weighted by Crippen LogP contribution is 2.29. The van der Waals surface area contributed by atoms with Gasteiger partial charge in [0, 0.05) is 21.0 Å². The molecule has 0 saturated carbocycles. The summed E-state index contributed by atoms with van der Waals surface area (Å²) in [5.41, 5.74) is 0.882. The molecule has 150 valence electrons. The Morgan fingerprint density at radius 1 is 0.963 bits per heavy atom. The SMILES string of the molecule is COc1ccc(CO[C@@H]2[C@@H](OC(C)=O)[C@H](C)O[C@H](OC)[C@@H]2OC(C)=O)cc1. The second kappa shape index (κ2) is 9.68. The molecule has 1 aromatic carbocycles. The fraction of sp³-hybridized carbons (Fsp3) is 0.579. The molecule has 27 heavy (non-hydrogen) atoms. The van der Waals surface area contributed by atoms with Gasteiger partial charge in [0.25, 0.3) is 0 Å². The maximum absolute atomic E-state index is 11.6. The monoisotopic (exact) mass is 382 g/mol. The number of esters is 2. The van der Waals surface area contributed by atoms with Crippen LogP contribution in [0.3, 0.4) is 0 Å². The molecule has 0 unspecified atom stereocenters. The Balaban J connectivity index is 2.22. The van der Waals surface area contributed by atoms with Gasteiger partial charge in [-0.1, -0.05) is 12.1 Å². The summed E-state index contributed by atoms with van der Waals surface area (Å²) in [5.74, 6) is -0.265. The van der Waals surface area contributed by atoms with Crippen LogP contribution < -0.4 is 4.74 Å². The van der Waals surface area contributed by atoms with Crippen LogP contribution >= 0.6 is 0 Å². The van der Waals surface area contributed by atoms with E-state index in [0.29, 0.717) is 0 Å². The van der Waals surface area contributed by atoms with Crippen molar-refractivity contribution in [2.75, 3.05) is 14.2 Å². The van der Waals surface area contributed by atoms with E-state index < -0.39 is 42.6 Å². The van der Waals surface area contributed by atoms with Crippen LogP contribution in [0.5, 0.6) is 5.75 Å².